The van der Waals surface area contributed by atoms with E-state index in [0.717, 1.165) is 18.4 Å². The summed E-state index contributed by atoms with van der Waals surface area (Å²) in [6, 6.07) is 5.43. The molecular formula is C13H18Cl2O. The molecule has 0 fully saturated rings. The SMILES string of the molecule is CCCC(C)C(O)Cc1c(Cl)cccc1Cl. The molecular weight excluding hydrogens is 243 g/mol. The number of benzene rings is 1. The molecule has 90 valence electrons. The van der Waals surface area contributed by atoms with E-state index in [2.05, 4.69) is 13.8 Å². The number of hydrogen-bond acceptors (Lipinski definition) is 1. The fourth-order valence-electron chi connectivity index (χ4n) is 1.79. The Hall–Kier alpha value is -0.240. The minimum atomic E-state index is -0.377. The lowest BCUT2D eigenvalue weighted by molar-refractivity contribution is 0.112. The van der Waals surface area contributed by atoms with Crippen molar-refractivity contribution in [3.63, 3.8) is 0 Å². The van der Waals surface area contributed by atoms with Crippen LogP contribution in [0.4, 0.5) is 0 Å². The smallest absolute Gasteiger partial charge is 0.0607 e. The Balaban J connectivity index is 2.72. The van der Waals surface area contributed by atoms with Gasteiger partial charge in [-0.15, -0.1) is 0 Å². The Labute approximate surface area is 107 Å². The van der Waals surface area contributed by atoms with Gasteiger partial charge >= 0.3 is 0 Å². The number of aliphatic hydroxyl groups is 1. The van der Waals surface area contributed by atoms with E-state index >= 15 is 0 Å². The summed E-state index contributed by atoms with van der Waals surface area (Å²) < 4.78 is 0. The lowest BCUT2D eigenvalue weighted by atomic mass is 9.94. The fraction of sp³-hybridized carbons (Fsp3) is 0.538. The van der Waals surface area contributed by atoms with Crippen LogP contribution in [0.2, 0.25) is 10.0 Å². The van der Waals surface area contributed by atoms with Crippen LogP contribution in [0, 0.1) is 5.92 Å². The summed E-state index contributed by atoms with van der Waals surface area (Å²) in [5.41, 5.74) is 0.848. The van der Waals surface area contributed by atoms with E-state index in [4.69, 9.17) is 23.2 Å². The lowest BCUT2D eigenvalue weighted by Crippen LogP contribution is -2.20. The van der Waals surface area contributed by atoms with E-state index in [1.165, 1.54) is 0 Å². The van der Waals surface area contributed by atoms with Crippen LogP contribution in [-0.2, 0) is 6.42 Å². The minimum absolute atomic E-state index is 0.275. The molecule has 0 aliphatic carbocycles. The lowest BCUT2D eigenvalue weighted by Gasteiger charge is -2.19. The van der Waals surface area contributed by atoms with Crippen LogP contribution in [0.5, 0.6) is 0 Å². The third kappa shape index (κ3) is 3.65. The normalized spacial score (nSPS) is 14.8. The van der Waals surface area contributed by atoms with Crippen molar-refractivity contribution in [2.75, 3.05) is 0 Å². The molecule has 1 aromatic rings. The van der Waals surface area contributed by atoms with Crippen molar-refractivity contribution < 1.29 is 5.11 Å². The average molecular weight is 261 g/mol. The van der Waals surface area contributed by atoms with Crippen molar-refractivity contribution in [2.45, 2.75) is 39.2 Å². The Morgan fingerprint density at radius 1 is 1.25 bits per heavy atom. The van der Waals surface area contributed by atoms with Crippen molar-refractivity contribution in [3.05, 3.63) is 33.8 Å². The van der Waals surface area contributed by atoms with E-state index in [9.17, 15) is 5.11 Å². The Bertz CT molecular complexity index is 318. The van der Waals surface area contributed by atoms with Gasteiger partial charge in [-0.25, -0.2) is 0 Å². The zero-order valence-electron chi connectivity index (χ0n) is 9.71. The maximum atomic E-state index is 10.0. The second kappa shape index (κ2) is 6.48. The van der Waals surface area contributed by atoms with Crippen LogP contribution in [0.3, 0.4) is 0 Å². The summed E-state index contributed by atoms with van der Waals surface area (Å²) in [5.74, 6) is 0.275. The zero-order chi connectivity index (χ0) is 12.1. The highest BCUT2D eigenvalue weighted by molar-refractivity contribution is 6.35. The highest BCUT2D eigenvalue weighted by Crippen LogP contribution is 2.27. The molecule has 0 aromatic heterocycles. The van der Waals surface area contributed by atoms with E-state index in [1.807, 2.05) is 6.07 Å². The summed E-state index contributed by atoms with van der Waals surface area (Å²) >= 11 is 12.1. The fourth-order valence-corrected chi connectivity index (χ4v) is 2.34. The zero-order valence-corrected chi connectivity index (χ0v) is 11.2. The number of hydrogen-bond donors (Lipinski definition) is 1. The average Bonchev–Trinajstić information content (AvgIpc) is 2.23. The van der Waals surface area contributed by atoms with Crippen molar-refractivity contribution in [2.24, 2.45) is 5.92 Å². The van der Waals surface area contributed by atoms with Gasteiger partial charge in [0.15, 0.2) is 0 Å². The molecule has 2 atom stereocenters. The first-order chi connectivity index (χ1) is 7.56. The highest BCUT2D eigenvalue weighted by Gasteiger charge is 2.17. The number of aliphatic hydroxyl groups excluding tert-OH is 1. The molecule has 0 amide bonds. The third-order valence-corrected chi connectivity index (χ3v) is 3.58. The molecule has 2 unspecified atom stereocenters. The van der Waals surface area contributed by atoms with Crippen LogP contribution in [0.1, 0.15) is 32.3 Å². The minimum Gasteiger partial charge on any atom is -0.393 e. The van der Waals surface area contributed by atoms with Gasteiger partial charge < -0.3 is 5.11 Å². The molecule has 0 saturated heterocycles. The van der Waals surface area contributed by atoms with E-state index in [1.54, 1.807) is 12.1 Å². The largest absolute Gasteiger partial charge is 0.393 e. The molecule has 0 aliphatic heterocycles. The highest BCUT2D eigenvalue weighted by atomic mass is 35.5. The second-order valence-corrected chi connectivity index (χ2v) is 5.05. The van der Waals surface area contributed by atoms with Gasteiger partial charge in [-0.2, -0.15) is 0 Å². The van der Waals surface area contributed by atoms with Gasteiger partial charge in [-0.3, -0.25) is 0 Å². The monoisotopic (exact) mass is 260 g/mol. The summed E-state index contributed by atoms with van der Waals surface area (Å²) in [4.78, 5) is 0. The van der Waals surface area contributed by atoms with Gasteiger partial charge in [0.05, 0.1) is 6.10 Å². The van der Waals surface area contributed by atoms with E-state index in [0.29, 0.717) is 16.5 Å². The van der Waals surface area contributed by atoms with Crippen molar-refractivity contribution in [1.82, 2.24) is 0 Å². The van der Waals surface area contributed by atoms with Crippen LogP contribution >= 0.6 is 23.2 Å². The maximum absolute atomic E-state index is 10.0. The molecule has 0 saturated carbocycles. The van der Waals surface area contributed by atoms with Crippen molar-refractivity contribution >= 4 is 23.2 Å². The predicted molar refractivity (Wildman–Crippen MR) is 70.2 cm³/mol. The summed E-state index contributed by atoms with van der Waals surface area (Å²) in [6.07, 6.45) is 2.24. The molecule has 0 bridgehead atoms. The summed E-state index contributed by atoms with van der Waals surface area (Å²) in [5, 5.41) is 11.3. The topological polar surface area (TPSA) is 20.2 Å². The number of rotatable bonds is 5. The van der Waals surface area contributed by atoms with Gasteiger partial charge in [0.25, 0.3) is 0 Å². The Morgan fingerprint density at radius 3 is 2.31 bits per heavy atom. The van der Waals surface area contributed by atoms with Gasteiger partial charge in [0, 0.05) is 16.5 Å². The van der Waals surface area contributed by atoms with E-state index in [-0.39, 0.29) is 12.0 Å². The second-order valence-electron chi connectivity index (χ2n) is 4.24. The first-order valence-corrected chi connectivity index (χ1v) is 6.42. The van der Waals surface area contributed by atoms with Gasteiger partial charge in [0.2, 0.25) is 0 Å². The van der Waals surface area contributed by atoms with Crippen molar-refractivity contribution in [3.8, 4) is 0 Å². The van der Waals surface area contributed by atoms with Gasteiger partial charge in [0.1, 0.15) is 0 Å². The summed E-state index contributed by atoms with van der Waals surface area (Å²) in [7, 11) is 0. The third-order valence-electron chi connectivity index (χ3n) is 2.88. The van der Waals surface area contributed by atoms with Crippen LogP contribution in [-0.4, -0.2) is 11.2 Å². The first-order valence-electron chi connectivity index (χ1n) is 5.67. The molecule has 0 aliphatic rings. The quantitative estimate of drug-likeness (QED) is 0.836. The molecule has 3 heteroatoms. The first kappa shape index (κ1) is 13.8. The number of halogens is 2. The standard InChI is InChI=1S/C13H18Cl2O/c1-3-5-9(2)13(16)8-10-11(14)6-4-7-12(10)15/h4,6-7,9,13,16H,3,5,8H2,1-2H3. The van der Waals surface area contributed by atoms with E-state index < -0.39 is 0 Å². The van der Waals surface area contributed by atoms with Crippen molar-refractivity contribution in [1.29, 1.82) is 0 Å². The Kier molecular flexibility index (Phi) is 5.60. The van der Waals surface area contributed by atoms with Crippen LogP contribution in [0.25, 0.3) is 0 Å². The van der Waals surface area contributed by atoms with Crippen LogP contribution < -0.4 is 0 Å². The molecule has 1 N–H and O–H groups in total. The van der Waals surface area contributed by atoms with Gasteiger partial charge in [-0.1, -0.05) is 49.5 Å². The van der Waals surface area contributed by atoms with Crippen LogP contribution in [0.15, 0.2) is 18.2 Å². The molecule has 16 heavy (non-hydrogen) atoms. The molecule has 1 rings (SSSR count). The predicted octanol–water partition coefficient (Wildman–Crippen LogP) is 4.33. The summed E-state index contributed by atoms with van der Waals surface area (Å²) in [6.45, 7) is 4.17. The molecule has 1 nitrogen and oxygen atoms in total. The van der Waals surface area contributed by atoms with Gasteiger partial charge in [-0.05, 0) is 30.0 Å². The molecule has 0 radical (unpaired) electrons. The Morgan fingerprint density at radius 2 is 1.81 bits per heavy atom. The molecule has 1 aromatic carbocycles. The molecule has 0 spiro atoms. The maximum Gasteiger partial charge on any atom is 0.0607 e. The molecule has 0 heterocycles.